The van der Waals surface area contributed by atoms with Crippen molar-refractivity contribution >= 4 is 38.7 Å². The van der Waals surface area contributed by atoms with Gasteiger partial charge < -0.3 is 15.1 Å². The number of nitrogens with zero attached hydrogens (tertiary/aromatic N) is 4. The lowest BCUT2D eigenvalue weighted by Crippen LogP contribution is -2.46. The van der Waals surface area contributed by atoms with Crippen LogP contribution in [-0.4, -0.2) is 47.6 Å². The first kappa shape index (κ1) is 20.9. The second kappa shape index (κ2) is 9.67. The smallest absolute Gasteiger partial charge is 0.151 e. The van der Waals surface area contributed by atoms with E-state index in [4.69, 9.17) is 0 Å². The zero-order valence-corrected chi connectivity index (χ0v) is 19.3. The van der Waals surface area contributed by atoms with Crippen molar-refractivity contribution in [3.8, 4) is 0 Å². The van der Waals surface area contributed by atoms with E-state index in [9.17, 15) is 0 Å². The number of benzene rings is 2. The van der Waals surface area contributed by atoms with Crippen LogP contribution in [0, 0.1) is 0 Å². The molecule has 0 amide bonds. The van der Waals surface area contributed by atoms with Crippen LogP contribution in [-0.2, 0) is 12.8 Å². The van der Waals surface area contributed by atoms with Crippen molar-refractivity contribution in [1.82, 2.24) is 14.9 Å². The first-order valence-corrected chi connectivity index (χ1v) is 12.3. The van der Waals surface area contributed by atoms with Crippen molar-refractivity contribution in [1.29, 1.82) is 0 Å². The van der Waals surface area contributed by atoms with Gasteiger partial charge in [0, 0.05) is 37.6 Å². The van der Waals surface area contributed by atoms with Crippen molar-refractivity contribution in [3.63, 3.8) is 0 Å². The average molecular weight is 444 g/mol. The molecule has 4 aromatic rings. The van der Waals surface area contributed by atoms with Gasteiger partial charge >= 0.3 is 0 Å². The van der Waals surface area contributed by atoms with Crippen LogP contribution in [0.15, 0.2) is 66.3 Å². The second-order valence-electron chi connectivity index (χ2n) is 8.24. The molecule has 2 aromatic carbocycles. The minimum atomic E-state index is 0.885. The van der Waals surface area contributed by atoms with Crippen molar-refractivity contribution in [2.45, 2.75) is 19.8 Å². The van der Waals surface area contributed by atoms with Gasteiger partial charge in [0.1, 0.15) is 6.33 Å². The van der Waals surface area contributed by atoms with Gasteiger partial charge in [-0.15, -0.1) is 11.3 Å². The first-order chi connectivity index (χ1) is 15.8. The molecule has 0 bridgehead atoms. The molecule has 0 radical (unpaired) electrons. The van der Waals surface area contributed by atoms with Gasteiger partial charge in [-0.25, -0.2) is 9.97 Å². The summed E-state index contributed by atoms with van der Waals surface area (Å²) in [4.78, 5) is 14.1. The van der Waals surface area contributed by atoms with E-state index in [2.05, 4.69) is 92.0 Å². The molecule has 5 nitrogen and oxygen atoms in total. The Labute approximate surface area is 193 Å². The van der Waals surface area contributed by atoms with Crippen LogP contribution in [0.1, 0.15) is 18.1 Å². The number of likely N-dealkylation sites (N-methyl/N-ethyl adjacent to an activating group) is 1. The molecule has 1 aliphatic rings. The van der Waals surface area contributed by atoms with Crippen LogP contribution in [0.2, 0.25) is 0 Å². The Morgan fingerprint density at radius 1 is 0.906 bits per heavy atom. The van der Waals surface area contributed by atoms with Gasteiger partial charge in [0.25, 0.3) is 0 Å². The third kappa shape index (κ3) is 4.61. The fraction of sp³-hybridized carbons (Fsp3) is 0.308. The fourth-order valence-corrected chi connectivity index (χ4v) is 5.31. The Kier molecular flexibility index (Phi) is 6.32. The molecule has 0 aliphatic carbocycles. The van der Waals surface area contributed by atoms with Gasteiger partial charge in [0.2, 0.25) is 0 Å². The van der Waals surface area contributed by atoms with E-state index in [0.717, 1.165) is 67.3 Å². The number of piperazine rings is 1. The van der Waals surface area contributed by atoms with Crippen LogP contribution in [0.3, 0.4) is 0 Å². The Morgan fingerprint density at radius 3 is 2.44 bits per heavy atom. The van der Waals surface area contributed by atoms with Crippen LogP contribution in [0.25, 0.3) is 10.2 Å². The molecule has 2 aromatic heterocycles. The summed E-state index contributed by atoms with van der Waals surface area (Å²) in [5, 5.41) is 5.74. The molecule has 1 N–H and O–H groups in total. The lowest BCUT2D eigenvalue weighted by Gasteiger charge is -2.35. The highest BCUT2D eigenvalue weighted by molar-refractivity contribution is 7.18. The summed E-state index contributed by atoms with van der Waals surface area (Å²) in [5.74, 6) is 0.885. The van der Waals surface area contributed by atoms with Crippen LogP contribution >= 0.6 is 11.3 Å². The van der Waals surface area contributed by atoms with Gasteiger partial charge in [-0.1, -0.05) is 37.3 Å². The highest BCUT2D eigenvalue weighted by Gasteiger charge is 2.16. The second-order valence-corrected chi connectivity index (χ2v) is 9.12. The molecular formula is C26H29N5S. The molecule has 5 rings (SSSR count). The topological polar surface area (TPSA) is 44.3 Å². The average Bonchev–Trinajstić information content (AvgIpc) is 3.28. The largest absolute Gasteiger partial charge is 0.369 e. The Balaban J connectivity index is 1.27. The van der Waals surface area contributed by atoms with E-state index in [1.165, 1.54) is 16.8 Å². The number of thiophene rings is 1. The molecule has 32 heavy (non-hydrogen) atoms. The van der Waals surface area contributed by atoms with E-state index < -0.39 is 0 Å². The molecule has 0 atom stereocenters. The number of nitrogens with one attached hydrogen (secondary N) is 1. The number of hydrogen-bond acceptors (Lipinski definition) is 6. The highest BCUT2D eigenvalue weighted by Crippen LogP contribution is 2.32. The third-order valence-electron chi connectivity index (χ3n) is 6.27. The lowest BCUT2D eigenvalue weighted by atomic mass is 10.1. The minimum absolute atomic E-state index is 0.885. The quantitative estimate of drug-likeness (QED) is 0.416. The first-order valence-electron chi connectivity index (χ1n) is 11.4. The van der Waals surface area contributed by atoms with E-state index in [1.807, 2.05) is 0 Å². The van der Waals surface area contributed by atoms with E-state index >= 15 is 0 Å². The minimum Gasteiger partial charge on any atom is -0.369 e. The molecule has 1 aliphatic heterocycles. The summed E-state index contributed by atoms with van der Waals surface area (Å²) >= 11 is 1.72. The maximum Gasteiger partial charge on any atom is 0.151 e. The highest BCUT2D eigenvalue weighted by atomic mass is 32.1. The van der Waals surface area contributed by atoms with E-state index in [-0.39, 0.29) is 0 Å². The van der Waals surface area contributed by atoms with Gasteiger partial charge in [-0.2, -0.15) is 0 Å². The number of aromatic nitrogens is 2. The maximum atomic E-state index is 4.59. The number of aryl methyl sites for hydroxylation is 2. The van der Waals surface area contributed by atoms with Gasteiger partial charge in [-0.05, 0) is 60.2 Å². The molecular weight excluding hydrogens is 414 g/mol. The summed E-state index contributed by atoms with van der Waals surface area (Å²) in [6.45, 7) is 7.84. The molecule has 0 saturated carbocycles. The summed E-state index contributed by atoms with van der Waals surface area (Å²) in [7, 11) is 0. The fourth-order valence-electron chi connectivity index (χ4n) is 4.30. The predicted octanol–water partition coefficient (Wildman–Crippen LogP) is 5.36. The molecule has 0 unspecified atom stereocenters. The van der Waals surface area contributed by atoms with Gasteiger partial charge in [0.15, 0.2) is 5.82 Å². The summed E-state index contributed by atoms with van der Waals surface area (Å²) in [6.07, 6.45) is 3.68. The van der Waals surface area contributed by atoms with Crippen LogP contribution in [0.4, 0.5) is 17.2 Å². The van der Waals surface area contributed by atoms with Gasteiger partial charge in [-0.3, -0.25) is 0 Å². The van der Waals surface area contributed by atoms with E-state index in [0.29, 0.717) is 0 Å². The lowest BCUT2D eigenvalue weighted by molar-refractivity contribution is 0.271. The molecule has 1 fully saturated rings. The molecule has 1 saturated heterocycles. The van der Waals surface area contributed by atoms with Crippen molar-refractivity contribution in [3.05, 3.63) is 77.4 Å². The van der Waals surface area contributed by atoms with Gasteiger partial charge in [0.05, 0.1) is 10.2 Å². The van der Waals surface area contributed by atoms with Crippen molar-refractivity contribution in [2.24, 2.45) is 0 Å². The Morgan fingerprint density at radius 2 is 1.69 bits per heavy atom. The Bertz CT molecular complexity index is 1150. The normalized spacial score (nSPS) is 14.7. The number of hydrogen-bond donors (Lipinski definition) is 1. The van der Waals surface area contributed by atoms with Crippen molar-refractivity contribution in [2.75, 3.05) is 42.9 Å². The molecule has 6 heteroatoms. The predicted molar refractivity (Wildman–Crippen MR) is 135 cm³/mol. The van der Waals surface area contributed by atoms with E-state index in [1.54, 1.807) is 17.7 Å². The standard InChI is InChI=1S/C26H29N5S/c1-2-30-14-16-31(17-15-30)23-12-10-22(11-13-23)29-26-25-24(27-19-28-26)21(18-32-25)9-8-20-6-4-3-5-7-20/h3-7,10-13,18-19H,2,8-9,14-17H2,1H3,(H,27,28,29). The SMILES string of the molecule is CCN1CCN(c2ccc(Nc3ncnc4c(CCc5ccccc5)csc34)cc2)CC1. The number of anilines is 3. The molecule has 0 spiro atoms. The summed E-state index contributed by atoms with van der Waals surface area (Å²) < 4.78 is 1.12. The van der Waals surface area contributed by atoms with Crippen molar-refractivity contribution < 1.29 is 0 Å². The zero-order valence-electron chi connectivity index (χ0n) is 18.5. The van der Waals surface area contributed by atoms with Crippen LogP contribution < -0.4 is 10.2 Å². The maximum absolute atomic E-state index is 4.59. The Hall–Kier alpha value is -2.96. The third-order valence-corrected chi connectivity index (χ3v) is 7.29. The molecule has 3 heterocycles. The summed E-state index contributed by atoms with van der Waals surface area (Å²) in [5.41, 5.74) is 6.06. The number of rotatable bonds is 7. The summed E-state index contributed by atoms with van der Waals surface area (Å²) in [6, 6.07) is 19.4. The zero-order chi connectivity index (χ0) is 21.8. The number of fused-ring (bicyclic) bond motifs is 1. The van der Waals surface area contributed by atoms with Crippen LogP contribution in [0.5, 0.6) is 0 Å². The monoisotopic (exact) mass is 443 g/mol. The molecule has 164 valence electrons.